The van der Waals surface area contributed by atoms with Gasteiger partial charge in [0, 0.05) is 17.4 Å². The van der Waals surface area contributed by atoms with Crippen molar-refractivity contribution in [3.05, 3.63) is 29.6 Å². The average Bonchev–Trinajstić information content (AvgIpc) is 2.26. The minimum absolute atomic E-state index is 0.113. The van der Waals surface area contributed by atoms with Crippen molar-refractivity contribution >= 4 is 12.6 Å². The number of hydrogen-bond donors (Lipinski definition) is 3. The minimum Gasteiger partial charge on any atom is -0.496 e. The monoisotopic (exact) mass is 232 g/mol. The molecule has 1 aromatic carbocycles. The van der Waals surface area contributed by atoms with Crippen LogP contribution in [0, 0.1) is 5.82 Å². The molecule has 0 radical (unpaired) electrons. The van der Waals surface area contributed by atoms with Gasteiger partial charge in [0.15, 0.2) is 0 Å². The quantitative estimate of drug-likeness (QED) is 0.683. The van der Waals surface area contributed by atoms with E-state index in [1.807, 2.05) is 0 Å². The first-order chi connectivity index (χ1) is 7.10. The van der Waals surface area contributed by atoms with Crippen LogP contribution in [0.1, 0.15) is 11.7 Å². The van der Waals surface area contributed by atoms with Gasteiger partial charge in [-0.3, -0.25) is 0 Å². The Labute approximate surface area is 92.9 Å². The van der Waals surface area contributed by atoms with Crippen LogP contribution in [0.25, 0.3) is 0 Å². The van der Waals surface area contributed by atoms with Crippen molar-refractivity contribution in [2.75, 3.05) is 12.9 Å². The molecular weight excluding hydrogens is 219 g/mol. The van der Waals surface area contributed by atoms with Crippen LogP contribution < -0.4 is 4.74 Å². The van der Waals surface area contributed by atoms with Crippen molar-refractivity contribution < 1.29 is 19.3 Å². The van der Waals surface area contributed by atoms with Gasteiger partial charge in [-0.25, -0.2) is 4.39 Å². The summed E-state index contributed by atoms with van der Waals surface area (Å²) >= 11 is 3.86. The lowest BCUT2D eigenvalue weighted by atomic mass is 10.0. The molecule has 0 aliphatic heterocycles. The van der Waals surface area contributed by atoms with Gasteiger partial charge in [0.25, 0.3) is 0 Å². The molecule has 15 heavy (non-hydrogen) atoms. The Bertz CT molecular complexity index is 332. The fourth-order valence-corrected chi connectivity index (χ4v) is 1.44. The van der Waals surface area contributed by atoms with Crippen molar-refractivity contribution in [1.82, 2.24) is 0 Å². The molecule has 2 unspecified atom stereocenters. The van der Waals surface area contributed by atoms with Crippen LogP contribution in [0.5, 0.6) is 5.75 Å². The van der Waals surface area contributed by atoms with E-state index in [2.05, 4.69) is 12.6 Å². The third-order valence-electron chi connectivity index (χ3n) is 2.07. The van der Waals surface area contributed by atoms with Crippen molar-refractivity contribution in [1.29, 1.82) is 0 Å². The fraction of sp³-hybridized carbons (Fsp3) is 0.400. The van der Waals surface area contributed by atoms with Gasteiger partial charge in [0.2, 0.25) is 0 Å². The van der Waals surface area contributed by atoms with Crippen molar-refractivity contribution in [2.24, 2.45) is 0 Å². The molecule has 0 heterocycles. The number of thiol groups is 1. The van der Waals surface area contributed by atoms with Crippen molar-refractivity contribution in [2.45, 2.75) is 12.2 Å². The van der Waals surface area contributed by atoms with E-state index >= 15 is 0 Å². The molecule has 5 heteroatoms. The van der Waals surface area contributed by atoms with Gasteiger partial charge in [0.05, 0.1) is 13.2 Å². The maximum absolute atomic E-state index is 12.8. The number of halogens is 1. The Balaban J connectivity index is 3.02. The van der Waals surface area contributed by atoms with Crippen LogP contribution in [0.3, 0.4) is 0 Å². The number of rotatable bonds is 4. The Morgan fingerprint density at radius 1 is 1.47 bits per heavy atom. The highest BCUT2D eigenvalue weighted by Gasteiger charge is 2.20. The number of aliphatic hydroxyl groups excluding tert-OH is 2. The predicted octanol–water partition coefficient (Wildman–Crippen LogP) is 1.16. The second kappa shape index (κ2) is 5.34. The number of ether oxygens (including phenoxy) is 1. The number of benzene rings is 1. The van der Waals surface area contributed by atoms with E-state index in [9.17, 15) is 14.6 Å². The van der Waals surface area contributed by atoms with Crippen LogP contribution in [-0.2, 0) is 0 Å². The first-order valence-corrected chi connectivity index (χ1v) is 5.03. The molecule has 0 aliphatic rings. The summed E-state index contributed by atoms with van der Waals surface area (Å²) in [4.78, 5) is 0. The number of methoxy groups -OCH3 is 1. The predicted molar refractivity (Wildman–Crippen MR) is 57.8 cm³/mol. The molecule has 2 atom stereocenters. The summed E-state index contributed by atoms with van der Waals surface area (Å²) in [6.07, 6.45) is -2.13. The van der Waals surface area contributed by atoms with Crippen LogP contribution in [0.15, 0.2) is 18.2 Å². The Morgan fingerprint density at radius 3 is 2.67 bits per heavy atom. The van der Waals surface area contributed by atoms with E-state index in [4.69, 9.17) is 4.74 Å². The Kier molecular flexibility index (Phi) is 4.38. The van der Waals surface area contributed by atoms with E-state index in [0.717, 1.165) is 6.07 Å². The average molecular weight is 232 g/mol. The van der Waals surface area contributed by atoms with Gasteiger partial charge in [-0.15, -0.1) is 0 Å². The van der Waals surface area contributed by atoms with Gasteiger partial charge in [-0.1, -0.05) is 0 Å². The highest BCUT2D eigenvalue weighted by Crippen LogP contribution is 2.28. The molecule has 0 amide bonds. The first-order valence-electron chi connectivity index (χ1n) is 4.40. The maximum Gasteiger partial charge on any atom is 0.127 e. The lowest BCUT2D eigenvalue weighted by Gasteiger charge is -2.18. The van der Waals surface area contributed by atoms with E-state index in [1.54, 1.807) is 0 Å². The molecule has 1 rings (SSSR count). The second-order valence-corrected chi connectivity index (χ2v) is 3.45. The van der Waals surface area contributed by atoms with Crippen LogP contribution >= 0.6 is 12.6 Å². The zero-order valence-corrected chi connectivity index (χ0v) is 9.12. The van der Waals surface area contributed by atoms with Crippen LogP contribution in [0.4, 0.5) is 4.39 Å². The summed E-state index contributed by atoms with van der Waals surface area (Å²) in [5.74, 6) is -0.131. The van der Waals surface area contributed by atoms with E-state index in [1.165, 1.54) is 19.2 Å². The van der Waals surface area contributed by atoms with Gasteiger partial charge < -0.3 is 14.9 Å². The highest BCUT2D eigenvalue weighted by molar-refractivity contribution is 7.80. The molecule has 1 aromatic rings. The fourth-order valence-electron chi connectivity index (χ4n) is 1.24. The molecule has 3 nitrogen and oxygen atoms in total. The molecule has 0 aliphatic carbocycles. The minimum atomic E-state index is -1.13. The summed E-state index contributed by atoms with van der Waals surface area (Å²) < 4.78 is 17.7. The van der Waals surface area contributed by atoms with Gasteiger partial charge in [-0.2, -0.15) is 12.6 Å². The van der Waals surface area contributed by atoms with E-state index < -0.39 is 18.0 Å². The topological polar surface area (TPSA) is 49.7 Å². The maximum atomic E-state index is 12.8. The molecule has 2 N–H and O–H groups in total. The van der Waals surface area contributed by atoms with Crippen molar-refractivity contribution in [3.63, 3.8) is 0 Å². The third kappa shape index (κ3) is 2.84. The molecule has 84 valence electrons. The summed E-state index contributed by atoms with van der Waals surface area (Å²) in [7, 11) is 1.37. The number of hydrogen-bond acceptors (Lipinski definition) is 4. The zero-order chi connectivity index (χ0) is 11.4. The molecule has 0 saturated carbocycles. The summed E-state index contributed by atoms with van der Waals surface area (Å²) in [5, 5.41) is 19.1. The smallest absolute Gasteiger partial charge is 0.127 e. The summed E-state index contributed by atoms with van der Waals surface area (Å²) in [6, 6.07) is 3.74. The van der Waals surface area contributed by atoms with Crippen molar-refractivity contribution in [3.8, 4) is 5.75 Å². The molecule has 0 saturated heterocycles. The third-order valence-corrected chi connectivity index (χ3v) is 2.44. The zero-order valence-electron chi connectivity index (χ0n) is 8.22. The van der Waals surface area contributed by atoms with E-state index in [0.29, 0.717) is 5.56 Å². The summed E-state index contributed by atoms with van der Waals surface area (Å²) in [6.45, 7) is 0. The van der Waals surface area contributed by atoms with Gasteiger partial charge in [0.1, 0.15) is 17.7 Å². The van der Waals surface area contributed by atoms with Crippen LogP contribution in [0.2, 0.25) is 0 Å². The molecule has 0 bridgehead atoms. The SMILES string of the molecule is COc1cc(F)ccc1C(O)C(O)CS. The molecule has 0 spiro atoms. The van der Waals surface area contributed by atoms with Crippen LogP contribution in [-0.4, -0.2) is 29.2 Å². The van der Waals surface area contributed by atoms with E-state index in [-0.39, 0.29) is 11.5 Å². The van der Waals surface area contributed by atoms with Gasteiger partial charge in [-0.05, 0) is 12.1 Å². The first kappa shape index (κ1) is 12.3. The normalized spacial score (nSPS) is 14.7. The molecule has 0 fully saturated rings. The molecule has 0 aromatic heterocycles. The standard InChI is InChI=1S/C10H13FO3S/c1-14-9-4-6(11)2-3-7(9)10(13)8(12)5-15/h2-4,8,10,12-13,15H,5H2,1H3. The molecular formula is C10H13FO3S. The Hall–Kier alpha value is -0.780. The summed E-state index contributed by atoms with van der Waals surface area (Å²) in [5.41, 5.74) is 0.348. The lowest BCUT2D eigenvalue weighted by molar-refractivity contribution is 0.0322. The largest absolute Gasteiger partial charge is 0.496 e. The number of aliphatic hydroxyl groups is 2. The van der Waals surface area contributed by atoms with Gasteiger partial charge >= 0.3 is 0 Å². The Morgan fingerprint density at radius 2 is 2.13 bits per heavy atom. The second-order valence-electron chi connectivity index (χ2n) is 3.08. The lowest BCUT2D eigenvalue weighted by Crippen LogP contribution is -2.20. The highest BCUT2D eigenvalue weighted by atomic mass is 32.1.